The SMILES string of the molecule is CN(Cc1cccc2cnccc12)C(=O)c1ccc(-c2ccn[nH]2)cc1. The van der Waals surface area contributed by atoms with Gasteiger partial charge in [0.05, 0.1) is 5.69 Å². The van der Waals surface area contributed by atoms with Gasteiger partial charge < -0.3 is 4.90 Å². The minimum atomic E-state index is -0.00720. The van der Waals surface area contributed by atoms with Gasteiger partial charge in [-0.15, -0.1) is 0 Å². The Kier molecular flexibility index (Phi) is 4.19. The van der Waals surface area contributed by atoms with Crippen molar-refractivity contribution in [3.63, 3.8) is 0 Å². The number of rotatable bonds is 4. The maximum absolute atomic E-state index is 12.8. The minimum absolute atomic E-state index is 0.00720. The Labute approximate surface area is 151 Å². The fourth-order valence-electron chi connectivity index (χ4n) is 3.08. The summed E-state index contributed by atoms with van der Waals surface area (Å²) in [6.45, 7) is 0.544. The number of H-pyrrole nitrogens is 1. The van der Waals surface area contributed by atoms with Crippen molar-refractivity contribution < 1.29 is 4.79 Å². The predicted molar refractivity (Wildman–Crippen MR) is 102 cm³/mol. The second-order valence-corrected chi connectivity index (χ2v) is 6.22. The molecular weight excluding hydrogens is 324 g/mol. The number of amides is 1. The van der Waals surface area contributed by atoms with E-state index in [1.54, 1.807) is 17.3 Å². The highest BCUT2D eigenvalue weighted by atomic mass is 16.2. The average molecular weight is 342 g/mol. The minimum Gasteiger partial charge on any atom is -0.337 e. The van der Waals surface area contributed by atoms with Gasteiger partial charge in [0.1, 0.15) is 0 Å². The van der Waals surface area contributed by atoms with E-state index in [-0.39, 0.29) is 5.91 Å². The number of hydrogen-bond donors (Lipinski definition) is 1. The molecule has 0 aliphatic carbocycles. The second kappa shape index (κ2) is 6.80. The molecule has 128 valence electrons. The first kappa shape index (κ1) is 16.0. The van der Waals surface area contributed by atoms with Gasteiger partial charge in [0.2, 0.25) is 0 Å². The number of pyridine rings is 1. The van der Waals surface area contributed by atoms with Gasteiger partial charge in [-0.1, -0.05) is 30.3 Å². The lowest BCUT2D eigenvalue weighted by Gasteiger charge is -2.18. The van der Waals surface area contributed by atoms with Crippen LogP contribution in [0.25, 0.3) is 22.0 Å². The van der Waals surface area contributed by atoms with Gasteiger partial charge in [0, 0.05) is 43.1 Å². The summed E-state index contributed by atoms with van der Waals surface area (Å²) in [5.74, 6) is -0.00720. The van der Waals surface area contributed by atoms with Crippen LogP contribution in [-0.4, -0.2) is 33.0 Å². The van der Waals surface area contributed by atoms with E-state index < -0.39 is 0 Å². The largest absolute Gasteiger partial charge is 0.337 e. The molecular formula is C21H18N4O. The van der Waals surface area contributed by atoms with Gasteiger partial charge in [-0.3, -0.25) is 14.9 Å². The standard InChI is InChI=1S/C21H18N4O/c1-25(14-18-4-2-3-17-13-22-11-9-19(17)18)21(26)16-7-5-15(6-8-16)20-10-12-23-24-20/h2-13H,14H2,1H3,(H,23,24). The van der Waals surface area contributed by atoms with Crippen LogP contribution in [0, 0.1) is 0 Å². The molecule has 2 aromatic carbocycles. The van der Waals surface area contributed by atoms with Crippen molar-refractivity contribution in [2.24, 2.45) is 0 Å². The molecule has 0 spiro atoms. The third-order valence-corrected chi connectivity index (χ3v) is 4.47. The molecule has 0 aliphatic heterocycles. The second-order valence-electron chi connectivity index (χ2n) is 6.22. The van der Waals surface area contributed by atoms with Crippen LogP contribution in [0.3, 0.4) is 0 Å². The first-order chi connectivity index (χ1) is 12.7. The Balaban J connectivity index is 1.54. The van der Waals surface area contributed by atoms with Gasteiger partial charge in [-0.05, 0) is 40.8 Å². The lowest BCUT2D eigenvalue weighted by Crippen LogP contribution is -2.26. The zero-order valence-electron chi connectivity index (χ0n) is 14.4. The van der Waals surface area contributed by atoms with E-state index in [1.165, 1.54) is 0 Å². The highest BCUT2D eigenvalue weighted by Crippen LogP contribution is 2.21. The number of carbonyl (C=O) groups is 1. The Morgan fingerprint density at radius 2 is 1.88 bits per heavy atom. The molecule has 0 bridgehead atoms. The average Bonchev–Trinajstić information content (AvgIpc) is 3.23. The molecule has 26 heavy (non-hydrogen) atoms. The van der Waals surface area contributed by atoms with Gasteiger partial charge >= 0.3 is 0 Å². The number of nitrogens with zero attached hydrogens (tertiary/aromatic N) is 3. The third-order valence-electron chi connectivity index (χ3n) is 4.47. The predicted octanol–water partition coefficient (Wildman–Crippen LogP) is 3.90. The van der Waals surface area contributed by atoms with Crippen molar-refractivity contribution in [3.8, 4) is 11.3 Å². The third kappa shape index (κ3) is 3.07. The van der Waals surface area contributed by atoms with Gasteiger partial charge in [-0.25, -0.2) is 0 Å². The number of fused-ring (bicyclic) bond motifs is 1. The monoisotopic (exact) mass is 342 g/mol. The van der Waals surface area contributed by atoms with Crippen molar-refractivity contribution in [3.05, 3.63) is 84.3 Å². The van der Waals surface area contributed by atoms with Gasteiger partial charge in [0.15, 0.2) is 0 Å². The number of hydrogen-bond acceptors (Lipinski definition) is 3. The van der Waals surface area contributed by atoms with Crippen molar-refractivity contribution in [1.82, 2.24) is 20.1 Å². The van der Waals surface area contributed by atoms with Gasteiger partial charge in [-0.2, -0.15) is 5.10 Å². The summed E-state index contributed by atoms with van der Waals surface area (Å²) in [6.07, 6.45) is 5.33. The summed E-state index contributed by atoms with van der Waals surface area (Å²) in [4.78, 5) is 18.7. The lowest BCUT2D eigenvalue weighted by atomic mass is 10.1. The summed E-state index contributed by atoms with van der Waals surface area (Å²) in [7, 11) is 1.82. The fraction of sp³-hybridized carbons (Fsp3) is 0.0952. The van der Waals surface area contributed by atoms with Crippen LogP contribution in [0.5, 0.6) is 0 Å². The topological polar surface area (TPSA) is 61.9 Å². The molecule has 4 aromatic rings. The van der Waals surface area contributed by atoms with Crippen molar-refractivity contribution in [2.75, 3.05) is 7.05 Å². The van der Waals surface area contributed by atoms with Crippen LogP contribution in [0.15, 0.2) is 73.2 Å². The molecule has 2 heterocycles. The Bertz CT molecular complexity index is 1030. The molecule has 5 nitrogen and oxygen atoms in total. The van der Waals surface area contributed by atoms with Crippen LogP contribution < -0.4 is 0 Å². The van der Waals surface area contributed by atoms with E-state index in [9.17, 15) is 4.79 Å². The van der Waals surface area contributed by atoms with Crippen molar-refractivity contribution in [1.29, 1.82) is 0 Å². The molecule has 0 fully saturated rings. The molecule has 1 N–H and O–H groups in total. The normalized spacial score (nSPS) is 10.8. The van der Waals surface area contributed by atoms with E-state index in [0.29, 0.717) is 12.1 Å². The zero-order chi connectivity index (χ0) is 17.9. The Morgan fingerprint density at radius 3 is 2.65 bits per heavy atom. The first-order valence-corrected chi connectivity index (χ1v) is 8.39. The molecule has 0 unspecified atom stereocenters. The number of aromatic nitrogens is 3. The zero-order valence-corrected chi connectivity index (χ0v) is 14.4. The summed E-state index contributed by atoms with van der Waals surface area (Å²) in [5, 5.41) is 9.08. The van der Waals surface area contributed by atoms with E-state index in [4.69, 9.17) is 0 Å². The van der Waals surface area contributed by atoms with Crippen LogP contribution in [0.2, 0.25) is 0 Å². The van der Waals surface area contributed by atoms with E-state index in [2.05, 4.69) is 15.2 Å². The first-order valence-electron chi connectivity index (χ1n) is 8.39. The van der Waals surface area contributed by atoms with Crippen molar-refractivity contribution in [2.45, 2.75) is 6.54 Å². The molecule has 0 atom stereocenters. The molecule has 2 aromatic heterocycles. The highest BCUT2D eigenvalue weighted by molar-refractivity contribution is 5.95. The molecule has 0 saturated heterocycles. The van der Waals surface area contributed by atoms with Crippen LogP contribution in [-0.2, 0) is 6.54 Å². The van der Waals surface area contributed by atoms with Crippen LogP contribution in [0.4, 0.5) is 0 Å². The van der Waals surface area contributed by atoms with E-state index in [0.717, 1.165) is 27.6 Å². The quantitative estimate of drug-likeness (QED) is 0.612. The number of benzene rings is 2. The molecule has 5 heteroatoms. The molecule has 4 rings (SSSR count). The molecule has 1 amide bonds. The van der Waals surface area contributed by atoms with Gasteiger partial charge in [0.25, 0.3) is 5.91 Å². The van der Waals surface area contributed by atoms with Crippen molar-refractivity contribution >= 4 is 16.7 Å². The Morgan fingerprint density at radius 1 is 1.04 bits per heavy atom. The summed E-state index contributed by atoms with van der Waals surface area (Å²) < 4.78 is 0. The van der Waals surface area contributed by atoms with Crippen LogP contribution >= 0.6 is 0 Å². The maximum atomic E-state index is 12.8. The number of carbonyl (C=O) groups excluding carboxylic acids is 1. The number of nitrogens with one attached hydrogen (secondary N) is 1. The Hall–Kier alpha value is -3.47. The smallest absolute Gasteiger partial charge is 0.253 e. The summed E-state index contributed by atoms with van der Waals surface area (Å²) in [5.41, 5.74) is 3.71. The van der Waals surface area contributed by atoms with Crippen LogP contribution in [0.1, 0.15) is 15.9 Å². The highest BCUT2D eigenvalue weighted by Gasteiger charge is 2.13. The van der Waals surface area contributed by atoms with E-state index in [1.807, 2.05) is 67.8 Å². The maximum Gasteiger partial charge on any atom is 0.253 e. The summed E-state index contributed by atoms with van der Waals surface area (Å²) in [6, 6.07) is 17.5. The molecule has 0 aliphatic rings. The fourth-order valence-corrected chi connectivity index (χ4v) is 3.08. The lowest BCUT2D eigenvalue weighted by molar-refractivity contribution is 0.0785. The number of aromatic amines is 1. The summed E-state index contributed by atoms with van der Waals surface area (Å²) >= 11 is 0. The molecule has 0 saturated carbocycles. The van der Waals surface area contributed by atoms with E-state index >= 15 is 0 Å². The molecule has 0 radical (unpaired) electrons.